The number of carbonyl (C=O) groups is 1. The van der Waals surface area contributed by atoms with Gasteiger partial charge in [-0.15, -0.1) is 10.2 Å². The normalized spacial score (nSPS) is 14.0. The van der Waals surface area contributed by atoms with Crippen molar-refractivity contribution in [3.05, 3.63) is 59.7 Å². The zero-order valence-corrected chi connectivity index (χ0v) is 20.1. The van der Waals surface area contributed by atoms with Gasteiger partial charge in [0.25, 0.3) is 5.91 Å². The van der Waals surface area contributed by atoms with Gasteiger partial charge in [0.1, 0.15) is 11.6 Å². The van der Waals surface area contributed by atoms with Crippen LogP contribution in [0.25, 0.3) is 11.4 Å². The van der Waals surface area contributed by atoms with Crippen LogP contribution >= 0.6 is 0 Å². The maximum Gasteiger partial charge on any atom is 0.255 e. The molecule has 10 heteroatoms. The van der Waals surface area contributed by atoms with Crippen molar-refractivity contribution in [3.63, 3.8) is 0 Å². The number of anilines is 1. The summed E-state index contributed by atoms with van der Waals surface area (Å²) in [6.45, 7) is 5.01. The van der Waals surface area contributed by atoms with Crippen molar-refractivity contribution in [2.24, 2.45) is 0 Å². The van der Waals surface area contributed by atoms with Crippen LogP contribution in [0.15, 0.2) is 47.4 Å². The van der Waals surface area contributed by atoms with Crippen LogP contribution in [0.2, 0.25) is 0 Å². The minimum Gasteiger partial charge on any atom is -0.322 e. The molecule has 34 heavy (non-hydrogen) atoms. The fraction of sp³-hybridized carbons (Fsp3) is 0.375. The summed E-state index contributed by atoms with van der Waals surface area (Å²) >= 11 is 0. The molecule has 1 aliphatic rings. The SMILES string of the molecule is CCN(CC)S(=O)(=O)c1ccc(C(=O)Nc2ccc(F)c(-c3nnc4n3CCCCC4)c2)cc1. The van der Waals surface area contributed by atoms with Gasteiger partial charge in [-0.05, 0) is 55.3 Å². The number of amides is 1. The number of hydrogen-bond donors (Lipinski definition) is 1. The minimum absolute atomic E-state index is 0.129. The first-order valence-corrected chi connectivity index (χ1v) is 12.9. The lowest BCUT2D eigenvalue weighted by atomic mass is 10.1. The Morgan fingerprint density at radius 2 is 1.79 bits per heavy atom. The number of nitrogens with one attached hydrogen (secondary N) is 1. The zero-order valence-electron chi connectivity index (χ0n) is 19.3. The van der Waals surface area contributed by atoms with E-state index in [1.54, 1.807) is 19.9 Å². The molecule has 0 spiro atoms. The van der Waals surface area contributed by atoms with Gasteiger partial charge in [0.15, 0.2) is 5.82 Å². The summed E-state index contributed by atoms with van der Waals surface area (Å²) in [4.78, 5) is 12.9. The molecule has 0 aliphatic carbocycles. The molecule has 0 bridgehead atoms. The van der Waals surface area contributed by atoms with E-state index in [2.05, 4.69) is 15.5 Å². The second kappa shape index (κ2) is 10.0. The maximum absolute atomic E-state index is 14.7. The fourth-order valence-electron chi connectivity index (χ4n) is 4.15. The van der Waals surface area contributed by atoms with Gasteiger partial charge < -0.3 is 9.88 Å². The molecule has 0 radical (unpaired) electrons. The number of halogens is 1. The summed E-state index contributed by atoms with van der Waals surface area (Å²) < 4.78 is 43.3. The van der Waals surface area contributed by atoms with Gasteiger partial charge >= 0.3 is 0 Å². The van der Waals surface area contributed by atoms with Crippen LogP contribution < -0.4 is 5.32 Å². The van der Waals surface area contributed by atoms with Crippen LogP contribution in [-0.2, 0) is 23.0 Å². The van der Waals surface area contributed by atoms with Crippen molar-refractivity contribution >= 4 is 21.6 Å². The number of aryl methyl sites for hydroxylation is 1. The standard InChI is InChI=1S/C24H28FN5O3S/c1-3-29(4-2)34(32,33)19-12-9-17(10-13-19)24(31)26-18-11-14-21(25)20(16-18)23-28-27-22-8-6-5-7-15-30(22)23/h9-14,16H,3-8,15H2,1-2H3,(H,26,31). The van der Waals surface area contributed by atoms with Gasteiger partial charge in [0, 0.05) is 37.3 Å². The Hall–Kier alpha value is -3.11. The summed E-state index contributed by atoms with van der Waals surface area (Å²) in [5.41, 5.74) is 0.979. The molecule has 1 N–H and O–H groups in total. The summed E-state index contributed by atoms with van der Waals surface area (Å²) in [7, 11) is -3.60. The van der Waals surface area contributed by atoms with Gasteiger partial charge in [0.05, 0.1) is 10.5 Å². The predicted octanol–water partition coefficient (Wildman–Crippen LogP) is 4.09. The number of hydrogen-bond acceptors (Lipinski definition) is 5. The second-order valence-electron chi connectivity index (χ2n) is 8.16. The molecule has 1 aliphatic heterocycles. The predicted molar refractivity (Wildman–Crippen MR) is 127 cm³/mol. The van der Waals surface area contributed by atoms with Crippen molar-refractivity contribution in [1.29, 1.82) is 0 Å². The molecule has 2 heterocycles. The number of carbonyl (C=O) groups excluding carboxylic acids is 1. The molecule has 0 saturated carbocycles. The van der Waals surface area contributed by atoms with E-state index >= 15 is 0 Å². The van der Waals surface area contributed by atoms with E-state index in [1.807, 2.05) is 4.57 Å². The lowest BCUT2D eigenvalue weighted by Crippen LogP contribution is -2.30. The van der Waals surface area contributed by atoms with Crippen molar-refractivity contribution in [2.75, 3.05) is 18.4 Å². The molecule has 0 saturated heterocycles. The molecule has 1 amide bonds. The largest absolute Gasteiger partial charge is 0.322 e. The van der Waals surface area contributed by atoms with Gasteiger partial charge in [-0.1, -0.05) is 20.3 Å². The van der Waals surface area contributed by atoms with E-state index in [0.29, 0.717) is 30.2 Å². The lowest BCUT2D eigenvalue weighted by Gasteiger charge is -2.18. The first kappa shape index (κ1) is 24.0. The highest BCUT2D eigenvalue weighted by Crippen LogP contribution is 2.28. The van der Waals surface area contributed by atoms with Crippen LogP contribution in [0.1, 0.15) is 49.3 Å². The smallest absolute Gasteiger partial charge is 0.255 e. The third-order valence-electron chi connectivity index (χ3n) is 6.03. The first-order valence-electron chi connectivity index (χ1n) is 11.5. The van der Waals surface area contributed by atoms with Crippen LogP contribution in [0, 0.1) is 5.82 Å². The van der Waals surface area contributed by atoms with Crippen molar-refractivity contribution in [2.45, 2.75) is 51.0 Å². The van der Waals surface area contributed by atoms with Crippen LogP contribution in [0.4, 0.5) is 10.1 Å². The Morgan fingerprint density at radius 3 is 2.50 bits per heavy atom. The van der Waals surface area contributed by atoms with E-state index in [4.69, 9.17) is 0 Å². The Balaban J connectivity index is 1.55. The molecular formula is C24H28FN5O3S. The zero-order chi connectivity index (χ0) is 24.3. The highest BCUT2D eigenvalue weighted by atomic mass is 32.2. The van der Waals surface area contributed by atoms with Gasteiger partial charge in [-0.2, -0.15) is 4.31 Å². The van der Waals surface area contributed by atoms with Crippen molar-refractivity contribution in [1.82, 2.24) is 19.1 Å². The minimum atomic E-state index is -3.60. The van der Waals surface area contributed by atoms with E-state index in [0.717, 1.165) is 38.1 Å². The highest BCUT2D eigenvalue weighted by molar-refractivity contribution is 7.89. The Labute approximate surface area is 198 Å². The summed E-state index contributed by atoms with van der Waals surface area (Å²) in [6.07, 6.45) is 3.92. The molecule has 0 atom stereocenters. The number of benzene rings is 2. The molecule has 1 aromatic heterocycles. The highest BCUT2D eigenvalue weighted by Gasteiger charge is 2.22. The number of rotatable bonds is 7. The fourth-order valence-corrected chi connectivity index (χ4v) is 5.61. The number of aromatic nitrogens is 3. The topological polar surface area (TPSA) is 97.2 Å². The Kier molecular flexibility index (Phi) is 7.08. The van der Waals surface area contributed by atoms with Gasteiger partial charge in [-0.3, -0.25) is 4.79 Å². The Bertz CT molecular complexity index is 1280. The van der Waals surface area contributed by atoms with Crippen molar-refractivity contribution in [3.8, 4) is 11.4 Å². The number of nitrogens with zero attached hydrogens (tertiary/aromatic N) is 4. The van der Waals surface area contributed by atoms with Crippen LogP contribution in [-0.4, -0.2) is 46.5 Å². The molecule has 3 aromatic rings. The van der Waals surface area contributed by atoms with Crippen LogP contribution in [0.5, 0.6) is 0 Å². The van der Waals surface area contributed by atoms with Gasteiger partial charge in [-0.25, -0.2) is 12.8 Å². The first-order chi connectivity index (χ1) is 16.3. The van der Waals surface area contributed by atoms with E-state index in [1.165, 1.54) is 40.7 Å². The number of sulfonamides is 1. The Morgan fingerprint density at radius 1 is 1.06 bits per heavy atom. The van der Waals surface area contributed by atoms with Gasteiger partial charge in [0.2, 0.25) is 10.0 Å². The second-order valence-corrected chi connectivity index (χ2v) is 10.1. The van der Waals surface area contributed by atoms with Crippen molar-refractivity contribution < 1.29 is 17.6 Å². The summed E-state index contributed by atoms with van der Waals surface area (Å²) in [5.74, 6) is 0.436. The molecule has 4 rings (SSSR count). The van der Waals surface area contributed by atoms with E-state index in [9.17, 15) is 17.6 Å². The number of fused-ring (bicyclic) bond motifs is 1. The molecule has 8 nitrogen and oxygen atoms in total. The molecule has 0 unspecified atom stereocenters. The molecule has 2 aromatic carbocycles. The van der Waals surface area contributed by atoms with E-state index in [-0.39, 0.29) is 10.5 Å². The monoisotopic (exact) mass is 485 g/mol. The summed E-state index contributed by atoms with van der Waals surface area (Å²) in [6, 6.07) is 10.1. The van der Waals surface area contributed by atoms with E-state index < -0.39 is 21.7 Å². The third kappa shape index (κ3) is 4.74. The average Bonchev–Trinajstić information content (AvgIpc) is 3.08. The maximum atomic E-state index is 14.7. The molecular weight excluding hydrogens is 457 g/mol. The average molecular weight is 486 g/mol. The molecule has 180 valence electrons. The van der Waals surface area contributed by atoms with Crippen LogP contribution in [0.3, 0.4) is 0 Å². The molecule has 0 fully saturated rings. The third-order valence-corrected chi connectivity index (χ3v) is 8.10. The quantitative estimate of drug-likeness (QED) is 0.544. The summed E-state index contributed by atoms with van der Waals surface area (Å²) in [5, 5.41) is 11.2. The lowest BCUT2D eigenvalue weighted by molar-refractivity contribution is 0.102.